The van der Waals surface area contributed by atoms with Crippen LogP contribution in [-0.2, 0) is 0 Å². The van der Waals surface area contributed by atoms with E-state index in [0.29, 0.717) is 0 Å². The second kappa shape index (κ2) is 9.03. The zero-order valence-corrected chi connectivity index (χ0v) is 12.0. The van der Waals surface area contributed by atoms with Gasteiger partial charge in [-0.05, 0) is 30.7 Å². The number of rotatable bonds is 9. The van der Waals surface area contributed by atoms with Crippen LogP contribution < -0.4 is 5.32 Å². The maximum absolute atomic E-state index is 13.2. The van der Waals surface area contributed by atoms with Gasteiger partial charge < -0.3 is 5.32 Å². The smallest absolute Gasteiger partial charge is 0.126 e. The third kappa shape index (κ3) is 6.15. The van der Waals surface area contributed by atoms with E-state index in [9.17, 15) is 8.78 Å². The Labute approximate surface area is 115 Å². The Morgan fingerprint density at radius 1 is 0.947 bits per heavy atom. The number of unbranched alkanes of at least 4 members (excludes halogenated alkanes) is 4. The predicted molar refractivity (Wildman–Crippen MR) is 76.2 cm³/mol. The molecule has 1 aromatic rings. The molecule has 1 rings (SSSR count). The summed E-state index contributed by atoms with van der Waals surface area (Å²) in [5.41, 5.74) is 0.717. The summed E-state index contributed by atoms with van der Waals surface area (Å²) in [4.78, 5) is 0. The van der Waals surface area contributed by atoms with Gasteiger partial charge in [0, 0.05) is 12.1 Å². The fraction of sp³-hybridized carbons (Fsp3) is 0.625. The van der Waals surface area contributed by atoms with Gasteiger partial charge in [-0.3, -0.25) is 0 Å². The lowest BCUT2D eigenvalue weighted by Crippen LogP contribution is -2.21. The minimum Gasteiger partial charge on any atom is -0.310 e. The quantitative estimate of drug-likeness (QED) is 0.624. The Balaban J connectivity index is 2.55. The molecule has 1 atom stereocenters. The molecule has 0 spiro atoms. The van der Waals surface area contributed by atoms with Crippen LogP contribution in [0.15, 0.2) is 18.2 Å². The van der Waals surface area contributed by atoms with E-state index in [1.807, 2.05) is 6.92 Å². The number of halogens is 2. The number of nitrogens with one attached hydrogen (secondary N) is 1. The average molecular weight is 269 g/mol. The van der Waals surface area contributed by atoms with Crippen molar-refractivity contribution in [3.63, 3.8) is 0 Å². The van der Waals surface area contributed by atoms with E-state index in [0.717, 1.165) is 31.0 Å². The van der Waals surface area contributed by atoms with Gasteiger partial charge >= 0.3 is 0 Å². The van der Waals surface area contributed by atoms with Gasteiger partial charge in [-0.25, -0.2) is 8.78 Å². The normalized spacial score (nSPS) is 12.6. The van der Waals surface area contributed by atoms with E-state index in [4.69, 9.17) is 0 Å². The molecule has 0 heterocycles. The minimum atomic E-state index is -0.496. The predicted octanol–water partition coefficient (Wildman–Crippen LogP) is 4.98. The van der Waals surface area contributed by atoms with Crippen molar-refractivity contribution in [2.24, 2.45) is 0 Å². The van der Waals surface area contributed by atoms with Gasteiger partial charge in [0.15, 0.2) is 0 Å². The molecule has 1 N–H and O–H groups in total. The lowest BCUT2D eigenvalue weighted by molar-refractivity contribution is 0.472. The standard InChI is InChI=1S/C16H25F2N/c1-3-5-6-7-8-9-16(19-4-2)13-10-14(17)12-15(18)11-13/h10-12,16,19H,3-9H2,1-2H3. The van der Waals surface area contributed by atoms with Crippen molar-refractivity contribution in [1.29, 1.82) is 0 Å². The van der Waals surface area contributed by atoms with E-state index in [-0.39, 0.29) is 6.04 Å². The Morgan fingerprint density at radius 2 is 1.58 bits per heavy atom. The summed E-state index contributed by atoms with van der Waals surface area (Å²) in [6.45, 7) is 5.01. The Kier molecular flexibility index (Phi) is 7.65. The fourth-order valence-corrected chi connectivity index (χ4v) is 2.36. The van der Waals surface area contributed by atoms with Crippen LogP contribution in [0.25, 0.3) is 0 Å². The molecule has 0 saturated heterocycles. The van der Waals surface area contributed by atoms with Gasteiger partial charge in [-0.1, -0.05) is 46.0 Å². The molecule has 1 aromatic carbocycles. The molecule has 0 radical (unpaired) electrons. The highest BCUT2D eigenvalue weighted by Gasteiger charge is 2.12. The molecule has 0 amide bonds. The summed E-state index contributed by atoms with van der Waals surface area (Å²) in [5.74, 6) is -0.993. The Hall–Kier alpha value is -0.960. The van der Waals surface area contributed by atoms with E-state index >= 15 is 0 Å². The lowest BCUT2D eigenvalue weighted by atomic mass is 9.99. The molecule has 108 valence electrons. The van der Waals surface area contributed by atoms with E-state index in [1.54, 1.807) is 0 Å². The van der Waals surface area contributed by atoms with E-state index in [1.165, 1.54) is 37.8 Å². The molecule has 0 bridgehead atoms. The van der Waals surface area contributed by atoms with Crippen molar-refractivity contribution in [1.82, 2.24) is 5.32 Å². The van der Waals surface area contributed by atoms with Gasteiger partial charge in [0.1, 0.15) is 11.6 Å². The molecule has 0 saturated carbocycles. The first-order chi connectivity index (χ1) is 9.17. The highest BCUT2D eigenvalue weighted by Crippen LogP contribution is 2.22. The van der Waals surface area contributed by atoms with Crippen molar-refractivity contribution in [3.8, 4) is 0 Å². The van der Waals surface area contributed by atoms with Crippen LogP contribution in [0.5, 0.6) is 0 Å². The maximum Gasteiger partial charge on any atom is 0.126 e. The molecule has 19 heavy (non-hydrogen) atoms. The minimum absolute atomic E-state index is 0.0526. The van der Waals surface area contributed by atoms with Crippen LogP contribution >= 0.6 is 0 Å². The second-order valence-electron chi connectivity index (χ2n) is 5.02. The first kappa shape index (κ1) is 16.1. The number of hydrogen-bond acceptors (Lipinski definition) is 1. The summed E-state index contributed by atoms with van der Waals surface area (Å²) in [7, 11) is 0. The molecule has 0 aliphatic rings. The summed E-state index contributed by atoms with van der Waals surface area (Å²) in [6.07, 6.45) is 6.95. The molecule has 1 unspecified atom stereocenters. The molecule has 0 fully saturated rings. The van der Waals surface area contributed by atoms with Crippen LogP contribution in [0.2, 0.25) is 0 Å². The van der Waals surface area contributed by atoms with Crippen LogP contribution in [0.1, 0.15) is 64.0 Å². The fourth-order valence-electron chi connectivity index (χ4n) is 2.36. The van der Waals surface area contributed by atoms with Crippen LogP contribution in [0.4, 0.5) is 8.78 Å². The first-order valence-electron chi connectivity index (χ1n) is 7.36. The molecule has 0 aliphatic heterocycles. The average Bonchev–Trinajstić information content (AvgIpc) is 2.36. The van der Waals surface area contributed by atoms with Crippen LogP contribution in [0, 0.1) is 11.6 Å². The maximum atomic E-state index is 13.2. The van der Waals surface area contributed by atoms with Crippen molar-refractivity contribution >= 4 is 0 Å². The Bertz CT molecular complexity index is 346. The number of benzene rings is 1. The molecule has 0 aromatic heterocycles. The summed E-state index contributed by atoms with van der Waals surface area (Å²) >= 11 is 0. The van der Waals surface area contributed by atoms with Crippen LogP contribution in [-0.4, -0.2) is 6.54 Å². The zero-order chi connectivity index (χ0) is 14.1. The lowest BCUT2D eigenvalue weighted by Gasteiger charge is -2.18. The SMILES string of the molecule is CCCCCCCC(NCC)c1cc(F)cc(F)c1. The summed E-state index contributed by atoms with van der Waals surface area (Å²) in [5, 5.41) is 3.31. The van der Waals surface area contributed by atoms with Crippen LogP contribution in [0.3, 0.4) is 0 Å². The molecule has 1 nitrogen and oxygen atoms in total. The van der Waals surface area contributed by atoms with E-state index in [2.05, 4.69) is 12.2 Å². The van der Waals surface area contributed by atoms with Crippen molar-refractivity contribution < 1.29 is 8.78 Å². The van der Waals surface area contributed by atoms with Gasteiger partial charge in [0.2, 0.25) is 0 Å². The van der Waals surface area contributed by atoms with Crippen molar-refractivity contribution in [2.75, 3.05) is 6.54 Å². The van der Waals surface area contributed by atoms with Gasteiger partial charge in [-0.2, -0.15) is 0 Å². The van der Waals surface area contributed by atoms with E-state index < -0.39 is 11.6 Å². The molecule has 3 heteroatoms. The molecular formula is C16H25F2N. The van der Waals surface area contributed by atoms with Gasteiger partial charge in [0.05, 0.1) is 0 Å². The second-order valence-corrected chi connectivity index (χ2v) is 5.02. The summed E-state index contributed by atoms with van der Waals surface area (Å²) < 4.78 is 26.5. The first-order valence-corrected chi connectivity index (χ1v) is 7.36. The number of hydrogen-bond donors (Lipinski definition) is 1. The monoisotopic (exact) mass is 269 g/mol. The van der Waals surface area contributed by atoms with Gasteiger partial charge in [0.25, 0.3) is 0 Å². The Morgan fingerprint density at radius 3 is 2.16 bits per heavy atom. The molecular weight excluding hydrogens is 244 g/mol. The highest BCUT2D eigenvalue weighted by molar-refractivity contribution is 5.21. The van der Waals surface area contributed by atoms with Crippen molar-refractivity contribution in [3.05, 3.63) is 35.4 Å². The molecule has 0 aliphatic carbocycles. The zero-order valence-electron chi connectivity index (χ0n) is 12.0. The third-order valence-corrected chi connectivity index (χ3v) is 3.33. The largest absolute Gasteiger partial charge is 0.310 e. The van der Waals surface area contributed by atoms with Gasteiger partial charge in [-0.15, -0.1) is 0 Å². The summed E-state index contributed by atoms with van der Waals surface area (Å²) in [6, 6.07) is 3.84. The third-order valence-electron chi connectivity index (χ3n) is 3.33. The van der Waals surface area contributed by atoms with Crippen molar-refractivity contribution in [2.45, 2.75) is 58.4 Å². The topological polar surface area (TPSA) is 12.0 Å². The highest BCUT2D eigenvalue weighted by atomic mass is 19.1.